The Morgan fingerprint density at radius 2 is 1.88 bits per heavy atom. The number of allylic oxidation sites excluding steroid dienone is 1. The van der Waals surface area contributed by atoms with Crippen molar-refractivity contribution in [2.45, 2.75) is 77.4 Å². The van der Waals surface area contributed by atoms with E-state index in [0.717, 1.165) is 75.1 Å². The second-order valence-electron chi connectivity index (χ2n) is 11.2. The van der Waals surface area contributed by atoms with Crippen molar-refractivity contribution in [1.29, 1.82) is 0 Å². The second kappa shape index (κ2) is 8.25. The molecule has 1 aromatic rings. The summed E-state index contributed by atoms with van der Waals surface area (Å²) >= 11 is 0. The highest BCUT2D eigenvalue weighted by atomic mass is 16.7. The van der Waals surface area contributed by atoms with Gasteiger partial charge in [0, 0.05) is 18.3 Å². The molecule has 5 nitrogen and oxygen atoms in total. The van der Waals surface area contributed by atoms with E-state index in [0.29, 0.717) is 17.8 Å². The van der Waals surface area contributed by atoms with Crippen LogP contribution in [0.15, 0.2) is 30.4 Å². The van der Waals surface area contributed by atoms with Crippen LogP contribution in [-0.4, -0.2) is 35.8 Å². The molecular weight excluding hydrogens is 402 g/mol. The summed E-state index contributed by atoms with van der Waals surface area (Å²) in [5.74, 6) is 2.62. The van der Waals surface area contributed by atoms with Crippen molar-refractivity contribution >= 4 is 5.69 Å². The number of aliphatic hydroxyl groups is 2. The summed E-state index contributed by atoms with van der Waals surface area (Å²) in [6, 6.07) is 5.97. The molecule has 32 heavy (non-hydrogen) atoms. The van der Waals surface area contributed by atoms with Crippen LogP contribution in [0.2, 0.25) is 0 Å². The van der Waals surface area contributed by atoms with E-state index in [2.05, 4.69) is 25.7 Å². The van der Waals surface area contributed by atoms with Gasteiger partial charge in [-0.05, 0) is 92.1 Å². The lowest BCUT2D eigenvalue weighted by Crippen LogP contribution is -2.53. The molecule has 0 aromatic heterocycles. The summed E-state index contributed by atoms with van der Waals surface area (Å²) in [6.45, 7) is 10.2. The average molecular weight is 442 g/mol. The van der Waals surface area contributed by atoms with E-state index in [1.54, 1.807) is 0 Å². The Balaban J connectivity index is 1.28. The Labute approximate surface area is 192 Å². The molecule has 0 saturated heterocycles. The van der Waals surface area contributed by atoms with Gasteiger partial charge in [0.25, 0.3) is 0 Å². The van der Waals surface area contributed by atoms with Gasteiger partial charge < -0.3 is 25.0 Å². The van der Waals surface area contributed by atoms with Gasteiger partial charge in [-0.25, -0.2) is 0 Å². The summed E-state index contributed by atoms with van der Waals surface area (Å²) < 4.78 is 10.9. The zero-order valence-electron chi connectivity index (χ0n) is 19.6. The molecule has 3 saturated carbocycles. The lowest BCUT2D eigenvalue weighted by Gasteiger charge is -2.55. The van der Waals surface area contributed by atoms with Gasteiger partial charge in [-0.1, -0.05) is 26.0 Å². The van der Waals surface area contributed by atoms with Gasteiger partial charge in [0.1, 0.15) is 0 Å². The molecule has 1 aliphatic heterocycles. The Morgan fingerprint density at radius 3 is 2.72 bits per heavy atom. The molecular formula is C27H39NO4. The quantitative estimate of drug-likeness (QED) is 0.553. The lowest BCUT2D eigenvalue weighted by molar-refractivity contribution is -0.119. The van der Waals surface area contributed by atoms with Crippen molar-refractivity contribution in [2.24, 2.45) is 28.6 Å². The minimum atomic E-state index is -0.266. The zero-order valence-corrected chi connectivity index (χ0v) is 19.6. The highest BCUT2D eigenvalue weighted by molar-refractivity contribution is 5.55. The van der Waals surface area contributed by atoms with E-state index < -0.39 is 0 Å². The minimum Gasteiger partial charge on any atom is -0.454 e. The molecule has 0 spiro atoms. The van der Waals surface area contributed by atoms with Crippen LogP contribution >= 0.6 is 0 Å². The minimum absolute atomic E-state index is 0.0560. The Morgan fingerprint density at radius 1 is 1.06 bits per heavy atom. The standard InChI is InChI=1S/C27H39NO4/c1-17-4-6-21-25(30)22(9-12-26(17,21)2)27(3)11-8-20(29)14-18(27)10-13-28-19-5-7-23-24(15-19)32-16-31-23/h5,7,15,18,20-22,25,28-30H,1,4,6,8-14,16H2,2-3H3/t18-,20-,21?,22?,25+,26-,27-/m0/s1. The van der Waals surface area contributed by atoms with Crippen LogP contribution in [0.5, 0.6) is 11.5 Å². The van der Waals surface area contributed by atoms with Gasteiger partial charge in [-0.3, -0.25) is 0 Å². The highest BCUT2D eigenvalue weighted by Gasteiger charge is 2.56. The first-order chi connectivity index (χ1) is 15.3. The van der Waals surface area contributed by atoms with Crippen molar-refractivity contribution in [3.63, 3.8) is 0 Å². The van der Waals surface area contributed by atoms with E-state index in [1.165, 1.54) is 5.57 Å². The highest BCUT2D eigenvalue weighted by Crippen LogP contribution is 2.61. The maximum atomic E-state index is 11.6. The largest absolute Gasteiger partial charge is 0.454 e. The molecule has 3 N–H and O–H groups in total. The molecule has 0 radical (unpaired) electrons. The number of nitrogens with one attached hydrogen (secondary N) is 1. The number of aliphatic hydroxyl groups excluding tert-OH is 2. The fourth-order valence-corrected chi connectivity index (χ4v) is 7.46. The zero-order chi connectivity index (χ0) is 22.5. The molecule has 1 aromatic carbocycles. The average Bonchev–Trinajstić information content (AvgIpc) is 3.35. The van der Waals surface area contributed by atoms with Gasteiger partial charge in [0.15, 0.2) is 11.5 Å². The molecule has 2 unspecified atom stereocenters. The molecule has 0 amide bonds. The van der Waals surface area contributed by atoms with E-state index >= 15 is 0 Å². The van der Waals surface area contributed by atoms with Crippen LogP contribution in [0.4, 0.5) is 5.69 Å². The van der Waals surface area contributed by atoms with Crippen molar-refractivity contribution in [2.75, 3.05) is 18.7 Å². The number of rotatable bonds is 5. The van der Waals surface area contributed by atoms with Gasteiger partial charge >= 0.3 is 0 Å². The van der Waals surface area contributed by atoms with Crippen molar-refractivity contribution in [3.05, 3.63) is 30.4 Å². The van der Waals surface area contributed by atoms with Crippen molar-refractivity contribution in [3.8, 4) is 11.5 Å². The fourth-order valence-electron chi connectivity index (χ4n) is 7.46. The fraction of sp³-hybridized carbons (Fsp3) is 0.704. The molecule has 5 heteroatoms. The molecule has 1 heterocycles. The number of anilines is 1. The third kappa shape index (κ3) is 3.62. The summed E-state index contributed by atoms with van der Waals surface area (Å²) in [6.07, 6.45) is 7.50. The van der Waals surface area contributed by atoms with E-state index in [9.17, 15) is 10.2 Å². The first kappa shape index (κ1) is 22.1. The molecule has 3 aliphatic carbocycles. The maximum Gasteiger partial charge on any atom is 0.231 e. The van der Waals surface area contributed by atoms with Crippen LogP contribution in [0, 0.1) is 28.6 Å². The predicted octanol–water partition coefficient (Wildman–Crippen LogP) is 5.13. The second-order valence-corrected chi connectivity index (χ2v) is 11.2. The first-order valence-electron chi connectivity index (χ1n) is 12.5. The number of hydrogen-bond donors (Lipinski definition) is 3. The predicted molar refractivity (Wildman–Crippen MR) is 126 cm³/mol. The molecule has 0 bridgehead atoms. The van der Waals surface area contributed by atoms with Gasteiger partial charge in [0.2, 0.25) is 6.79 Å². The van der Waals surface area contributed by atoms with Crippen LogP contribution in [0.3, 0.4) is 0 Å². The first-order valence-corrected chi connectivity index (χ1v) is 12.5. The molecule has 176 valence electrons. The smallest absolute Gasteiger partial charge is 0.231 e. The van der Waals surface area contributed by atoms with Gasteiger partial charge in [0.05, 0.1) is 12.2 Å². The number of ether oxygens (including phenoxy) is 2. The third-order valence-corrected chi connectivity index (χ3v) is 9.73. The summed E-state index contributed by atoms with van der Waals surface area (Å²) in [4.78, 5) is 0. The number of fused-ring (bicyclic) bond motifs is 2. The summed E-state index contributed by atoms with van der Waals surface area (Å²) in [5, 5.41) is 25.6. The van der Waals surface area contributed by atoms with Crippen molar-refractivity contribution in [1.82, 2.24) is 0 Å². The van der Waals surface area contributed by atoms with E-state index in [1.807, 2.05) is 18.2 Å². The lowest BCUT2D eigenvalue weighted by atomic mass is 9.51. The van der Waals surface area contributed by atoms with Gasteiger partial charge in [-0.15, -0.1) is 0 Å². The third-order valence-electron chi connectivity index (χ3n) is 9.73. The molecule has 3 fully saturated rings. The normalized spacial score (nSPS) is 40.9. The number of benzene rings is 1. The Kier molecular flexibility index (Phi) is 5.69. The maximum absolute atomic E-state index is 11.6. The summed E-state index contributed by atoms with van der Waals surface area (Å²) in [7, 11) is 0. The molecule has 4 aliphatic rings. The molecule has 7 atom stereocenters. The number of hydrogen-bond acceptors (Lipinski definition) is 5. The topological polar surface area (TPSA) is 71.0 Å². The van der Waals surface area contributed by atoms with Crippen LogP contribution in [0.1, 0.15) is 65.2 Å². The van der Waals surface area contributed by atoms with Crippen LogP contribution in [-0.2, 0) is 0 Å². The van der Waals surface area contributed by atoms with Crippen LogP contribution < -0.4 is 14.8 Å². The van der Waals surface area contributed by atoms with Gasteiger partial charge in [-0.2, -0.15) is 0 Å². The molecule has 5 rings (SSSR count). The SMILES string of the molecule is C=C1CCC2[C@@H](O)C([C@@]3(C)CC[C@H](O)C[C@@H]3CCNc3ccc4c(c3)OCO4)CC[C@@]12C. The van der Waals surface area contributed by atoms with E-state index in [4.69, 9.17) is 9.47 Å². The Hall–Kier alpha value is -1.72. The van der Waals surface area contributed by atoms with E-state index in [-0.39, 0.29) is 29.8 Å². The monoisotopic (exact) mass is 441 g/mol. The van der Waals surface area contributed by atoms with Crippen molar-refractivity contribution < 1.29 is 19.7 Å². The summed E-state index contributed by atoms with van der Waals surface area (Å²) in [5.41, 5.74) is 2.54. The Bertz CT molecular complexity index is 871. The van der Waals surface area contributed by atoms with Crippen LogP contribution in [0.25, 0.3) is 0 Å².